The van der Waals surface area contributed by atoms with Gasteiger partial charge in [-0.2, -0.15) is 0 Å². The molecule has 0 amide bonds. The molecule has 1 fully saturated rings. The van der Waals surface area contributed by atoms with Gasteiger partial charge >= 0.3 is 0 Å². The second kappa shape index (κ2) is 7.52. The number of rotatable bonds is 9. The molecule has 5 nitrogen and oxygen atoms in total. The summed E-state index contributed by atoms with van der Waals surface area (Å²) in [4.78, 5) is 3.48. The third kappa shape index (κ3) is 4.54. The van der Waals surface area contributed by atoms with E-state index in [0.29, 0.717) is 17.0 Å². The molecular formula is C18H24FN3O2S2. The SMILES string of the molecule is CCC1(CC(C)CNc2ccc(S(=O)(=O)Nc3nccs3)c(F)c2)CC1. The first-order valence-corrected chi connectivity index (χ1v) is 11.2. The van der Waals surface area contributed by atoms with E-state index >= 15 is 0 Å². The zero-order chi connectivity index (χ0) is 18.8. The molecule has 1 aromatic heterocycles. The molecule has 0 spiro atoms. The molecule has 3 rings (SSSR count). The van der Waals surface area contributed by atoms with Crippen LogP contribution in [0.4, 0.5) is 15.2 Å². The zero-order valence-electron chi connectivity index (χ0n) is 15.0. The van der Waals surface area contributed by atoms with Crippen molar-refractivity contribution in [3.05, 3.63) is 35.6 Å². The minimum atomic E-state index is -3.99. The van der Waals surface area contributed by atoms with Crippen molar-refractivity contribution in [2.24, 2.45) is 11.3 Å². The van der Waals surface area contributed by atoms with Crippen molar-refractivity contribution in [1.82, 2.24) is 4.98 Å². The molecular weight excluding hydrogens is 373 g/mol. The summed E-state index contributed by atoms with van der Waals surface area (Å²) < 4.78 is 41.2. The molecule has 0 bridgehead atoms. The standard InChI is InChI=1S/C18H24FN3O2S2/c1-3-18(6-7-18)11-13(2)12-21-14-4-5-16(15(19)10-14)26(23,24)22-17-20-8-9-25-17/h4-5,8-10,13,21H,3,6-7,11-12H2,1-2H3,(H,20,22). The number of halogens is 1. The summed E-state index contributed by atoms with van der Waals surface area (Å²) in [6.45, 7) is 5.17. The van der Waals surface area contributed by atoms with Gasteiger partial charge in [-0.15, -0.1) is 11.3 Å². The van der Waals surface area contributed by atoms with Gasteiger partial charge in [-0.25, -0.2) is 17.8 Å². The molecule has 1 heterocycles. The first kappa shape index (κ1) is 19.1. The van der Waals surface area contributed by atoms with E-state index in [2.05, 4.69) is 28.9 Å². The van der Waals surface area contributed by atoms with Crippen LogP contribution in [0.3, 0.4) is 0 Å². The molecule has 8 heteroatoms. The lowest BCUT2D eigenvalue weighted by atomic mass is 9.91. The highest BCUT2D eigenvalue weighted by molar-refractivity contribution is 7.93. The number of aromatic nitrogens is 1. The predicted molar refractivity (Wildman–Crippen MR) is 104 cm³/mol. The Bertz CT molecular complexity index is 849. The molecule has 0 saturated heterocycles. The van der Waals surface area contributed by atoms with Gasteiger partial charge in [0, 0.05) is 23.8 Å². The van der Waals surface area contributed by atoms with Crippen LogP contribution in [-0.4, -0.2) is 19.9 Å². The van der Waals surface area contributed by atoms with Gasteiger partial charge < -0.3 is 5.32 Å². The van der Waals surface area contributed by atoms with Crippen LogP contribution in [0.25, 0.3) is 0 Å². The Hall–Kier alpha value is -1.67. The van der Waals surface area contributed by atoms with Crippen molar-refractivity contribution in [3.8, 4) is 0 Å². The van der Waals surface area contributed by atoms with E-state index in [1.807, 2.05) is 0 Å². The van der Waals surface area contributed by atoms with Crippen molar-refractivity contribution in [2.45, 2.75) is 44.4 Å². The Kier molecular flexibility index (Phi) is 5.53. The smallest absolute Gasteiger partial charge is 0.266 e. The molecule has 1 saturated carbocycles. The maximum absolute atomic E-state index is 14.4. The van der Waals surface area contributed by atoms with Gasteiger partial charge in [0.25, 0.3) is 10.0 Å². The summed E-state index contributed by atoms with van der Waals surface area (Å²) in [6.07, 6.45) is 6.48. The molecule has 2 aromatic rings. The van der Waals surface area contributed by atoms with Crippen LogP contribution in [0.15, 0.2) is 34.7 Å². The quantitative estimate of drug-likeness (QED) is 0.643. The fourth-order valence-electron chi connectivity index (χ4n) is 3.25. The van der Waals surface area contributed by atoms with Gasteiger partial charge in [0.15, 0.2) is 5.13 Å². The van der Waals surface area contributed by atoms with Crippen LogP contribution >= 0.6 is 11.3 Å². The monoisotopic (exact) mass is 397 g/mol. The molecule has 1 aromatic carbocycles. The third-order valence-corrected chi connectivity index (χ3v) is 7.21. The number of hydrogen-bond donors (Lipinski definition) is 2. The van der Waals surface area contributed by atoms with Gasteiger partial charge in [-0.3, -0.25) is 4.72 Å². The molecule has 142 valence electrons. The van der Waals surface area contributed by atoms with Crippen molar-refractivity contribution < 1.29 is 12.8 Å². The Morgan fingerprint density at radius 3 is 2.73 bits per heavy atom. The third-order valence-electron chi connectivity index (χ3n) is 5.02. The lowest BCUT2D eigenvalue weighted by Crippen LogP contribution is -2.17. The number of sulfonamides is 1. The Balaban J connectivity index is 1.62. The van der Waals surface area contributed by atoms with E-state index in [0.717, 1.165) is 17.9 Å². The van der Waals surface area contributed by atoms with E-state index < -0.39 is 15.8 Å². The summed E-state index contributed by atoms with van der Waals surface area (Å²) in [7, 11) is -3.99. The highest BCUT2D eigenvalue weighted by Gasteiger charge is 2.41. The predicted octanol–water partition coefficient (Wildman–Crippen LogP) is 4.71. The summed E-state index contributed by atoms with van der Waals surface area (Å²) >= 11 is 1.14. The Morgan fingerprint density at radius 2 is 2.15 bits per heavy atom. The van der Waals surface area contributed by atoms with Crippen molar-refractivity contribution >= 4 is 32.2 Å². The van der Waals surface area contributed by atoms with Gasteiger partial charge in [-0.1, -0.05) is 20.3 Å². The highest BCUT2D eigenvalue weighted by atomic mass is 32.2. The van der Waals surface area contributed by atoms with E-state index in [-0.39, 0.29) is 10.0 Å². The van der Waals surface area contributed by atoms with Crippen LogP contribution in [0.5, 0.6) is 0 Å². The van der Waals surface area contributed by atoms with Gasteiger partial charge in [-0.05, 0) is 48.8 Å². The number of benzene rings is 1. The lowest BCUT2D eigenvalue weighted by Gasteiger charge is -2.19. The zero-order valence-corrected chi connectivity index (χ0v) is 16.6. The lowest BCUT2D eigenvalue weighted by molar-refractivity contribution is 0.370. The van der Waals surface area contributed by atoms with Gasteiger partial charge in [0.05, 0.1) is 0 Å². The molecule has 0 aliphatic heterocycles. The molecule has 1 aliphatic rings. The maximum atomic E-state index is 14.4. The van der Waals surface area contributed by atoms with Crippen molar-refractivity contribution in [2.75, 3.05) is 16.6 Å². The first-order chi connectivity index (χ1) is 12.3. The van der Waals surface area contributed by atoms with E-state index in [9.17, 15) is 12.8 Å². The second-order valence-electron chi connectivity index (χ2n) is 7.13. The van der Waals surface area contributed by atoms with E-state index in [1.165, 1.54) is 44.0 Å². The number of nitrogens with zero attached hydrogens (tertiary/aromatic N) is 1. The van der Waals surface area contributed by atoms with Crippen molar-refractivity contribution in [1.29, 1.82) is 0 Å². The average Bonchev–Trinajstić information content (AvgIpc) is 3.18. The minimum absolute atomic E-state index is 0.213. The maximum Gasteiger partial charge on any atom is 0.266 e. The Morgan fingerprint density at radius 1 is 1.38 bits per heavy atom. The van der Waals surface area contributed by atoms with Gasteiger partial charge in [0.2, 0.25) is 0 Å². The summed E-state index contributed by atoms with van der Waals surface area (Å²) in [5, 5.41) is 5.08. The fourth-order valence-corrected chi connectivity index (χ4v) is 5.10. The van der Waals surface area contributed by atoms with Crippen molar-refractivity contribution in [3.63, 3.8) is 0 Å². The molecule has 1 aliphatic carbocycles. The minimum Gasteiger partial charge on any atom is -0.385 e. The molecule has 2 N–H and O–H groups in total. The average molecular weight is 398 g/mol. The molecule has 0 radical (unpaired) electrons. The fraction of sp³-hybridized carbons (Fsp3) is 0.500. The van der Waals surface area contributed by atoms with E-state index in [4.69, 9.17) is 0 Å². The first-order valence-electron chi connectivity index (χ1n) is 8.79. The Labute approximate surface area is 158 Å². The topological polar surface area (TPSA) is 71.1 Å². The van der Waals surface area contributed by atoms with Crippen LogP contribution < -0.4 is 10.0 Å². The van der Waals surface area contributed by atoms with Crippen LogP contribution in [0.1, 0.15) is 39.5 Å². The van der Waals surface area contributed by atoms with Crippen LogP contribution in [-0.2, 0) is 10.0 Å². The van der Waals surface area contributed by atoms with E-state index in [1.54, 1.807) is 11.4 Å². The van der Waals surface area contributed by atoms with Gasteiger partial charge in [0.1, 0.15) is 10.7 Å². The number of nitrogens with one attached hydrogen (secondary N) is 2. The summed E-state index contributed by atoms with van der Waals surface area (Å²) in [6, 6.07) is 4.11. The number of thiazole rings is 1. The molecule has 1 unspecified atom stereocenters. The summed E-state index contributed by atoms with van der Waals surface area (Å²) in [5.74, 6) is -0.297. The largest absolute Gasteiger partial charge is 0.385 e. The number of hydrogen-bond acceptors (Lipinski definition) is 5. The molecule has 1 atom stereocenters. The van der Waals surface area contributed by atoms with Crippen LogP contribution in [0.2, 0.25) is 0 Å². The highest BCUT2D eigenvalue weighted by Crippen LogP contribution is 2.53. The molecule has 26 heavy (non-hydrogen) atoms. The van der Waals surface area contributed by atoms with Crippen LogP contribution in [0, 0.1) is 17.2 Å². The second-order valence-corrected chi connectivity index (χ2v) is 9.68. The normalized spacial score (nSPS) is 16.9. The number of anilines is 2. The summed E-state index contributed by atoms with van der Waals surface area (Å²) in [5.41, 5.74) is 1.11.